The third-order valence-electron chi connectivity index (χ3n) is 2.05. The first kappa shape index (κ1) is 15.3. The SMILES string of the molecule is COC(CN)C(=O)NC(CCC(=O)O)C(=O)O. The molecule has 0 aromatic rings. The fourth-order valence-corrected chi connectivity index (χ4v) is 1.10. The minimum Gasteiger partial charge on any atom is -0.481 e. The Balaban J connectivity index is 4.38. The van der Waals surface area contributed by atoms with E-state index in [1.54, 1.807) is 0 Å². The molecule has 0 aromatic heterocycles. The van der Waals surface area contributed by atoms with Crippen LogP contribution in [0.25, 0.3) is 0 Å². The predicted molar refractivity (Wildman–Crippen MR) is 56.3 cm³/mol. The number of carbonyl (C=O) groups excluding carboxylic acids is 1. The summed E-state index contributed by atoms with van der Waals surface area (Å²) in [7, 11) is 1.27. The number of nitrogens with one attached hydrogen (secondary N) is 1. The highest BCUT2D eigenvalue weighted by atomic mass is 16.5. The molecule has 0 spiro atoms. The van der Waals surface area contributed by atoms with E-state index < -0.39 is 30.0 Å². The van der Waals surface area contributed by atoms with Gasteiger partial charge in [0.2, 0.25) is 0 Å². The van der Waals surface area contributed by atoms with Crippen LogP contribution in [0.2, 0.25) is 0 Å². The summed E-state index contributed by atoms with van der Waals surface area (Å²) in [5.41, 5.74) is 5.23. The molecule has 0 rings (SSSR count). The molecule has 0 aliphatic rings. The number of hydrogen-bond donors (Lipinski definition) is 4. The third kappa shape index (κ3) is 5.83. The van der Waals surface area contributed by atoms with Crippen molar-refractivity contribution in [3.8, 4) is 0 Å². The number of hydrogen-bond acceptors (Lipinski definition) is 5. The molecule has 5 N–H and O–H groups in total. The van der Waals surface area contributed by atoms with E-state index in [4.69, 9.17) is 20.7 Å². The second-order valence-corrected chi connectivity index (χ2v) is 3.29. The van der Waals surface area contributed by atoms with Crippen LogP contribution < -0.4 is 11.1 Å². The summed E-state index contributed by atoms with van der Waals surface area (Å²) in [5, 5.41) is 19.4. The number of nitrogens with two attached hydrogens (primary N) is 1. The lowest BCUT2D eigenvalue weighted by Crippen LogP contribution is -2.48. The van der Waals surface area contributed by atoms with E-state index in [0.29, 0.717) is 0 Å². The Morgan fingerprint density at radius 3 is 2.29 bits per heavy atom. The summed E-state index contributed by atoms with van der Waals surface area (Å²) in [5.74, 6) is -3.10. The third-order valence-corrected chi connectivity index (χ3v) is 2.05. The van der Waals surface area contributed by atoms with Gasteiger partial charge in [-0.05, 0) is 6.42 Å². The van der Waals surface area contributed by atoms with E-state index in [1.165, 1.54) is 7.11 Å². The topological polar surface area (TPSA) is 139 Å². The summed E-state index contributed by atoms with van der Waals surface area (Å²) in [6.07, 6.45) is -1.49. The van der Waals surface area contributed by atoms with E-state index in [1.807, 2.05) is 0 Å². The van der Waals surface area contributed by atoms with E-state index in [2.05, 4.69) is 5.32 Å². The molecule has 0 aromatic carbocycles. The maximum absolute atomic E-state index is 11.4. The maximum atomic E-state index is 11.4. The van der Waals surface area contributed by atoms with Crippen LogP contribution in [-0.2, 0) is 19.1 Å². The van der Waals surface area contributed by atoms with Crippen LogP contribution in [0.5, 0.6) is 0 Å². The zero-order chi connectivity index (χ0) is 13.4. The number of carboxylic acid groups (broad SMARTS) is 2. The lowest BCUT2D eigenvalue weighted by atomic mass is 10.1. The van der Waals surface area contributed by atoms with Crippen LogP contribution in [0.15, 0.2) is 0 Å². The molecule has 0 saturated heterocycles. The van der Waals surface area contributed by atoms with Gasteiger partial charge in [-0.25, -0.2) is 4.79 Å². The molecule has 0 aliphatic heterocycles. The Morgan fingerprint density at radius 1 is 1.35 bits per heavy atom. The van der Waals surface area contributed by atoms with Gasteiger partial charge in [0.25, 0.3) is 5.91 Å². The standard InChI is InChI=1S/C9H16N2O6/c1-17-6(4-10)8(14)11-5(9(15)16)2-3-7(12)13/h5-6H,2-4,10H2,1H3,(H,11,14)(H,12,13)(H,15,16). The predicted octanol–water partition coefficient (Wildman–Crippen LogP) is -1.61. The molecule has 0 fully saturated rings. The van der Waals surface area contributed by atoms with Gasteiger partial charge < -0.3 is 26.0 Å². The van der Waals surface area contributed by atoms with Gasteiger partial charge >= 0.3 is 11.9 Å². The highest BCUT2D eigenvalue weighted by molar-refractivity contribution is 5.86. The zero-order valence-electron chi connectivity index (χ0n) is 9.38. The number of ether oxygens (including phenoxy) is 1. The van der Waals surface area contributed by atoms with Crippen molar-refractivity contribution in [1.29, 1.82) is 0 Å². The summed E-state index contributed by atoms with van der Waals surface area (Å²) in [6.45, 7) is -0.0897. The normalized spacial score (nSPS) is 13.8. The van der Waals surface area contributed by atoms with Gasteiger partial charge in [0, 0.05) is 20.1 Å². The summed E-state index contributed by atoms with van der Waals surface area (Å²) < 4.78 is 4.72. The van der Waals surface area contributed by atoms with Gasteiger partial charge in [-0.15, -0.1) is 0 Å². The Kier molecular flexibility index (Phi) is 6.83. The first-order valence-electron chi connectivity index (χ1n) is 4.90. The molecule has 2 unspecified atom stereocenters. The first-order chi connectivity index (χ1) is 7.92. The molecule has 1 amide bonds. The molecular weight excluding hydrogens is 232 g/mol. The lowest BCUT2D eigenvalue weighted by molar-refractivity contribution is -0.144. The number of amides is 1. The maximum Gasteiger partial charge on any atom is 0.326 e. The fourth-order valence-electron chi connectivity index (χ4n) is 1.10. The molecule has 0 bridgehead atoms. The second-order valence-electron chi connectivity index (χ2n) is 3.29. The van der Waals surface area contributed by atoms with Crippen LogP contribution in [0.1, 0.15) is 12.8 Å². The molecule has 8 heteroatoms. The van der Waals surface area contributed by atoms with E-state index in [9.17, 15) is 14.4 Å². The van der Waals surface area contributed by atoms with Gasteiger partial charge in [-0.3, -0.25) is 9.59 Å². The van der Waals surface area contributed by atoms with E-state index in [-0.39, 0.29) is 19.4 Å². The number of rotatable bonds is 8. The summed E-state index contributed by atoms with van der Waals surface area (Å²) >= 11 is 0. The minimum absolute atomic E-state index is 0.0897. The van der Waals surface area contributed by atoms with Gasteiger partial charge in [-0.1, -0.05) is 0 Å². The van der Waals surface area contributed by atoms with Crippen molar-refractivity contribution in [2.75, 3.05) is 13.7 Å². The Bertz CT molecular complexity index is 289. The number of carbonyl (C=O) groups is 3. The van der Waals surface area contributed by atoms with Crippen molar-refractivity contribution in [3.63, 3.8) is 0 Å². The highest BCUT2D eigenvalue weighted by Crippen LogP contribution is 1.99. The average Bonchev–Trinajstić information content (AvgIpc) is 2.25. The molecule has 2 atom stereocenters. The quantitative estimate of drug-likeness (QED) is 0.405. The Labute approximate surface area is 97.7 Å². The van der Waals surface area contributed by atoms with Crippen molar-refractivity contribution in [1.82, 2.24) is 5.32 Å². The number of carboxylic acids is 2. The van der Waals surface area contributed by atoms with Gasteiger partial charge in [0.05, 0.1) is 0 Å². The van der Waals surface area contributed by atoms with E-state index in [0.717, 1.165) is 0 Å². The van der Waals surface area contributed by atoms with Crippen molar-refractivity contribution < 1.29 is 29.3 Å². The van der Waals surface area contributed by atoms with Crippen LogP contribution in [0, 0.1) is 0 Å². The summed E-state index contributed by atoms with van der Waals surface area (Å²) in [6, 6.07) is -1.26. The largest absolute Gasteiger partial charge is 0.481 e. The van der Waals surface area contributed by atoms with Gasteiger partial charge in [0.1, 0.15) is 12.1 Å². The molecular formula is C9H16N2O6. The monoisotopic (exact) mass is 248 g/mol. The zero-order valence-corrected chi connectivity index (χ0v) is 9.38. The van der Waals surface area contributed by atoms with Crippen molar-refractivity contribution in [3.05, 3.63) is 0 Å². The molecule has 0 heterocycles. The van der Waals surface area contributed by atoms with Crippen molar-refractivity contribution in [2.24, 2.45) is 5.73 Å². The molecule has 0 aliphatic carbocycles. The van der Waals surface area contributed by atoms with Crippen molar-refractivity contribution in [2.45, 2.75) is 25.0 Å². The molecule has 98 valence electrons. The molecule has 0 saturated carbocycles. The first-order valence-corrected chi connectivity index (χ1v) is 4.90. The smallest absolute Gasteiger partial charge is 0.326 e. The van der Waals surface area contributed by atoms with E-state index >= 15 is 0 Å². The lowest BCUT2D eigenvalue weighted by Gasteiger charge is -2.17. The minimum atomic E-state index is -1.30. The van der Waals surface area contributed by atoms with Crippen LogP contribution in [-0.4, -0.2) is 53.9 Å². The van der Waals surface area contributed by atoms with Gasteiger partial charge in [-0.2, -0.15) is 0 Å². The molecule has 8 nitrogen and oxygen atoms in total. The Hall–Kier alpha value is -1.67. The molecule has 17 heavy (non-hydrogen) atoms. The van der Waals surface area contributed by atoms with Crippen LogP contribution in [0.3, 0.4) is 0 Å². The van der Waals surface area contributed by atoms with Crippen molar-refractivity contribution >= 4 is 17.8 Å². The average molecular weight is 248 g/mol. The van der Waals surface area contributed by atoms with Gasteiger partial charge in [0.15, 0.2) is 0 Å². The molecule has 0 radical (unpaired) electrons. The number of aliphatic carboxylic acids is 2. The fraction of sp³-hybridized carbons (Fsp3) is 0.667. The highest BCUT2D eigenvalue weighted by Gasteiger charge is 2.24. The summed E-state index contributed by atoms with van der Waals surface area (Å²) in [4.78, 5) is 32.5. The second kappa shape index (κ2) is 7.58. The number of methoxy groups -OCH3 is 1. The van der Waals surface area contributed by atoms with Crippen LogP contribution in [0.4, 0.5) is 0 Å². The Morgan fingerprint density at radius 2 is 1.94 bits per heavy atom. The van der Waals surface area contributed by atoms with Crippen LogP contribution >= 0.6 is 0 Å².